The summed E-state index contributed by atoms with van der Waals surface area (Å²) in [5, 5.41) is 3.23. The Morgan fingerprint density at radius 3 is 2.89 bits per heavy atom. The molecule has 5 nitrogen and oxygen atoms in total. The van der Waals surface area contributed by atoms with Crippen molar-refractivity contribution in [3.05, 3.63) is 18.7 Å². The van der Waals surface area contributed by atoms with Crippen LogP contribution in [0, 0.1) is 0 Å². The van der Waals surface area contributed by atoms with Crippen LogP contribution in [0.1, 0.15) is 33.1 Å². The fourth-order valence-corrected chi connectivity index (χ4v) is 1.75. The average molecular weight is 253 g/mol. The maximum Gasteiger partial charge on any atom is 0.323 e. The zero-order valence-electron chi connectivity index (χ0n) is 11.3. The van der Waals surface area contributed by atoms with Gasteiger partial charge in [0.2, 0.25) is 0 Å². The van der Waals surface area contributed by atoms with Gasteiger partial charge in [-0.1, -0.05) is 6.92 Å². The van der Waals surface area contributed by atoms with Gasteiger partial charge in [0.25, 0.3) is 0 Å². The highest BCUT2D eigenvalue weighted by Crippen LogP contribution is 1.98. The van der Waals surface area contributed by atoms with Crippen molar-refractivity contribution in [3.8, 4) is 0 Å². The SMILES string of the molecule is CCOC(=O)C(CC)NCCCCn1ccnc1. The molecule has 1 N–H and O–H groups in total. The van der Waals surface area contributed by atoms with Crippen LogP contribution in [-0.4, -0.2) is 34.7 Å². The van der Waals surface area contributed by atoms with Gasteiger partial charge in [0.15, 0.2) is 0 Å². The molecule has 18 heavy (non-hydrogen) atoms. The normalized spacial score (nSPS) is 12.3. The molecule has 0 aliphatic carbocycles. The number of carbonyl (C=O) groups excluding carboxylic acids is 1. The van der Waals surface area contributed by atoms with E-state index in [-0.39, 0.29) is 12.0 Å². The van der Waals surface area contributed by atoms with Crippen molar-refractivity contribution in [2.45, 2.75) is 45.7 Å². The summed E-state index contributed by atoms with van der Waals surface area (Å²) in [4.78, 5) is 15.5. The molecule has 0 bridgehead atoms. The summed E-state index contributed by atoms with van der Waals surface area (Å²) in [6.07, 6.45) is 8.44. The van der Waals surface area contributed by atoms with E-state index in [0.29, 0.717) is 6.61 Å². The summed E-state index contributed by atoms with van der Waals surface area (Å²) in [6, 6.07) is -0.168. The summed E-state index contributed by atoms with van der Waals surface area (Å²) < 4.78 is 7.06. The van der Waals surface area contributed by atoms with E-state index in [0.717, 1.165) is 32.4 Å². The standard InChI is InChI=1S/C13H23N3O2/c1-3-12(13(17)18-4-2)15-7-5-6-9-16-10-8-14-11-16/h8,10-12,15H,3-7,9H2,1-2H3. The lowest BCUT2D eigenvalue weighted by atomic mass is 10.2. The fourth-order valence-electron chi connectivity index (χ4n) is 1.75. The second-order valence-electron chi connectivity index (χ2n) is 4.17. The Hall–Kier alpha value is -1.36. The van der Waals surface area contributed by atoms with Crippen LogP contribution in [-0.2, 0) is 16.1 Å². The average Bonchev–Trinajstić information content (AvgIpc) is 2.87. The number of hydrogen-bond donors (Lipinski definition) is 1. The van der Waals surface area contributed by atoms with E-state index in [1.165, 1.54) is 0 Å². The highest BCUT2D eigenvalue weighted by atomic mass is 16.5. The fraction of sp³-hybridized carbons (Fsp3) is 0.692. The summed E-state index contributed by atoms with van der Waals surface area (Å²) in [7, 11) is 0. The Kier molecular flexibility index (Phi) is 7.10. The first-order valence-corrected chi connectivity index (χ1v) is 6.63. The summed E-state index contributed by atoms with van der Waals surface area (Å²) >= 11 is 0. The molecule has 1 rings (SSSR count). The Morgan fingerprint density at radius 1 is 1.44 bits per heavy atom. The molecule has 102 valence electrons. The van der Waals surface area contributed by atoms with Crippen LogP contribution in [0.5, 0.6) is 0 Å². The number of ether oxygens (including phenoxy) is 1. The molecule has 0 fully saturated rings. The van der Waals surface area contributed by atoms with Crippen molar-refractivity contribution >= 4 is 5.97 Å². The molecule has 1 atom stereocenters. The van der Waals surface area contributed by atoms with Gasteiger partial charge in [0, 0.05) is 18.9 Å². The van der Waals surface area contributed by atoms with E-state index >= 15 is 0 Å². The molecule has 1 aromatic heterocycles. The summed E-state index contributed by atoms with van der Waals surface area (Å²) in [5.41, 5.74) is 0. The quantitative estimate of drug-likeness (QED) is 0.536. The minimum atomic E-state index is -0.168. The highest BCUT2D eigenvalue weighted by Gasteiger charge is 2.15. The van der Waals surface area contributed by atoms with Crippen LogP contribution in [0.15, 0.2) is 18.7 Å². The second-order valence-corrected chi connectivity index (χ2v) is 4.17. The van der Waals surface area contributed by atoms with Gasteiger partial charge < -0.3 is 14.6 Å². The lowest BCUT2D eigenvalue weighted by Gasteiger charge is -2.15. The van der Waals surface area contributed by atoms with Gasteiger partial charge in [-0.2, -0.15) is 0 Å². The topological polar surface area (TPSA) is 56.1 Å². The van der Waals surface area contributed by atoms with Crippen LogP contribution in [0.2, 0.25) is 0 Å². The van der Waals surface area contributed by atoms with Gasteiger partial charge in [-0.15, -0.1) is 0 Å². The number of carbonyl (C=O) groups is 1. The van der Waals surface area contributed by atoms with Crippen LogP contribution in [0.25, 0.3) is 0 Å². The number of rotatable bonds is 9. The first-order valence-electron chi connectivity index (χ1n) is 6.63. The number of aromatic nitrogens is 2. The third-order valence-electron chi connectivity index (χ3n) is 2.77. The molecule has 0 saturated heterocycles. The molecule has 0 aliphatic rings. The summed E-state index contributed by atoms with van der Waals surface area (Å²) in [6.45, 7) is 6.07. The van der Waals surface area contributed by atoms with E-state index in [2.05, 4.69) is 14.9 Å². The Labute approximate surface area is 109 Å². The van der Waals surface area contributed by atoms with Gasteiger partial charge in [0.1, 0.15) is 6.04 Å². The number of imidazole rings is 1. The first-order chi connectivity index (χ1) is 8.77. The second kappa shape index (κ2) is 8.69. The van der Waals surface area contributed by atoms with Crippen molar-refractivity contribution in [2.75, 3.05) is 13.2 Å². The molecule has 0 aromatic carbocycles. The third kappa shape index (κ3) is 5.31. The van der Waals surface area contributed by atoms with E-state index in [1.807, 2.05) is 26.4 Å². The third-order valence-corrected chi connectivity index (χ3v) is 2.77. The van der Waals surface area contributed by atoms with Gasteiger partial charge in [-0.3, -0.25) is 4.79 Å². The monoisotopic (exact) mass is 253 g/mol. The van der Waals surface area contributed by atoms with E-state index in [1.54, 1.807) is 6.20 Å². The maximum atomic E-state index is 11.5. The number of nitrogens with one attached hydrogen (secondary N) is 1. The lowest BCUT2D eigenvalue weighted by molar-refractivity contribution is -0.145. The number of nitrogens with zero attached hydrogens (tertiary/aromatic N) is 2. The van der Waals surface area contributed by atoms with Crippen molar-refractivity contribution in [2.24, 2.45) is 0 Å². The minimum absolute atomic E-state index is 0.144. The van der Waals surface area contributed by atoms with Crippen LogP contribution in [0.4, 0.5) is 0 Å². The number of unbranched alkanes of at least 4 members (excludes halogenated alkanes) is 1. The lowest BCUT2D eigenvalue weighted by Crippen LogP contribution is -2.38. The van der Waals surface area contributed by atoms with Gasteiger partial charge in [0.05, 0.1) is 12.9 Å². The number of hydrogen-bond acceptors (Lipinski definition) is 4. The molecule has 0 amide bonds. The Bertz CT molecular complexity index is 325. The molecular weight excluding hydrogens is 230 g/mol. The van der Waals surface area contributed by atoms with E-state index in [9.17, 15) is 4.79 Å². The van der Waals surface area contributed by atoms with Crippen LogP contribution in [0.3, 0.4) is 0 Å². The summed E-state index contributed by atoms with van der Waals surface area (Å²) in [5.74, 6) is -0.144. The molecule has 1 heterocycles. The van der Waals surface area contributed by atoms with Gasteiger partial charge >= 0.3 is 5.97 Å². The molecule has 0 saturated carbocycles. The molecule has 0 aliphatic heterocycles. The number of esters is 1. The molecule has 5 heteroatoms. The predicted molar refractivity (Wildman–Crippen MR) is 70.2 cm³/mol. The van der Waals surface area contributed by atoms with Gasteiger partial charge in [-0.25, -0.2) is 4.98 Å². The molecule has 0 spiro atoms. The van der Waals surface area contributed by atoms with E-state index < -0.39 is 0 Å². The minimum Gasteiger partial charge on any atom is -0.465 e. The smallest absolute Gasteiger partial charge is 0.323 e. The zero-order valence-corrected chi connectivity index (χ0v) is 11.3. The zero-order chi connectivity index (χ0) is 13.2. The maximum absolute atomic E-state index is 11.5. The van der Waals surface area contributed by atoms with Crippen LogP contribution < -0.4 is 5.32 Å². The molecule has 1 unspecified atom stereocenters. The molecule has 0 radical (unpaired) electrons. The van der Waals surface area contributed by atoms with Gasteiger partial charge in [-0.05, 0) is 32.7 Å². The van der Waals surface area contributed by atoms with Crippen molar-refractivity contribution in [3.63, 3.8) is 0 Å². The molecule has 1 aromatic rings. The van der Waals surface area contributed by atoms with Crippen molar-refractivity contribution in [1.29, 1.82) is 0 Å². The Balaban J connectivity index is 2.10. The van der Waals surface area contributed by atoms with Crippen molar-refractivity contribution < 1.29 is 9.53 Å². The van der Waals surface area contributed by atoms with E-state index in [4.69, 9.17) is 4.74 Å². The number of aryl methyl sites for hydroxylation is 1. The highest BCUT2D eigenvalue weighted by molar-refractivity contribution is 5.75. The first kappa shape index (κ1) is 14.7. The largest absolute Gasteiger partial charge is 0.465 e. The predicted octanol–water partition coefficient (Wildman–Crippen LogP) is 1.59. The van der Waals surface area contributed by atoms with Crippen LogP contribution >= 0.6 is 0 Å². The molecular formula is C13H23N3O2. The van der Waals surface area contributed by atoms with Crippen molar-refractivity contribution in [1.82, 2.24) is 14.9 Å². The Morgan fingerprint density at radius 2 is 2.28 bits per heavy atom.